The van der Waals surface area contributed by atoms with E-state index in [-0.39, 0.29) is 0 Å². The van der Waals surface area contributed by atoms with Crippen LogP contribution >= 0.6 is 0 Å². The first-order chi connectivity index (χ1) is 8.58. The standard InChI is InChI=1S/C9H5F9O2/c1-3(2)4(19)20-9(18)7(14,15)5(10,11)6(12,13)8(9,16)17/h1H2,2H3. The third kappa shape index (κ3) is 1.46. The zero-order valence-corrected chi connectivity index (χ0v) is 9.43. The molecule has 1 rings (SSSR count). The predicted octanol–water partition coefficient (Wildman–Crippen LogP) is 3.33. The highest BCUT2D eigenvalue weighted by molar-refractivity contribution is 5.87. The van der Waals surface area contributed by atoms with Gasteiger partial charge in [-0.1, -0.05) is 6.58 Å². The smallest absolute Gasteiger partial charge is 0.391 e. The summed E-state index contributed by atoms with van der Waals surface area (Å²) >= 11 is 0. The van der Waals surface area contributed by atoms with Crippen molar-refractivity contribution >= 4 is 5.97 Å². The summed E-state index contributed by atoms with van der Waals surface area (Å²) in [6, 6.07) is 0. The number of esters is 1. The lowest BCUT2D eigenvalue weighted by atomic mass is 10.1. The minimum absolute atomic E-state index is 0.674. The van der Waals surface area contributed by atoms with Gasteiger partial charge in [0.15, 0.2) is 0 Å². The van der Waals surface area contributed by atoms with Gasteiger partial charge in [0.25, 0.3) is 0 Å². The first kappa shape index (κ1) is 16.6. The van der Waals surface area contributed by atoms with Crippen LogP contribution in [0.4, 0.5) is 39.5 Å². The molecule has 20 heavy (non-hydrogen) atoms. The van der Waals surface area contributed by atoms with Crippen LogP contribution in [-0.4, -0.2) is 35.5 Å². The van der Waals surface area contributed by atoms with Gasteiger partial charge in [-0.25, -0.2) is 4.79 Å². The summed E-state index contributed by atoms with van der Waals surface area (Å²) in [6.45, 7) is 3.36. The molecule has 0 N–H and O–H groups in total. The Morgan fingerprint density at radius 1 is 0.800 bits per heavy atom. The summed E-state index contributed by atoms with van der Waals surface area (Å²) in [6.07, 6.45) is 0. The summed E-state index contributed by atoms with van der Waals surface area (Å²) in [5.41, 5.74) is -0.938. The van der Waals surface area contributed by atoms with Gasteiger partial charge in [-0.15, -0.1) is 0 Å². The van der Waals surface area contributed by atoms with Crippen molar-refractivity contribution in [2.75, 3.05) is 0 Å². The van der Waals surface area contributed by atoms with Crippen molar-refractivity contribution in [3.63, 3.8) is 0 Å². The maximum Gasteiger partial charge on any atom is 0.391 e. The number of hydrogen-bond acceptors (Lipinski definition) is 2. The Labute approximate surface area is 105 Å². The maximum atomic E-state index is 13.5. The van der Waals surface area contributed by atoms with Gasteiger partial charge < -0.3 is 4.74 Å². The normalized spacial score (nSPS) is 27.9. The highest BCUT2D eigenvalue weighted by Crippen LogP contribution is 2.69. The van der Waals surface area contributed by atoms with Crippen LogP contribution in [0.2, 0.25) is 0 Å². The quantitative estimate of drug-likeness (QED) is 0.444. The Balaban J connectivity index is 3.52. The summed E-state index contributed by atoms with van der Waals surface area (Å²) in [5, 5.41) is 0. The van der Waals surface area contributed by atoms with Crippen LogP contribution in [0.1, 0.15) is 6.92 Å². The molecule has 0 radical (unpaired) electrons. The maximum absolute atomic E-state index is 13.5. The van der Waals surface area contributed by atoms with Gasteiger partial charge in [0.1, 0.15) is 0 Å². The molecule has 116 valence electrons. The molecule has 0 bridgehead atoms. The van der Waals surface area contributed by atoms with Crippen LogP contribution in [0.3, 0.4) is 0 Å². The minimum Gasteiger partial charge on any atom is -0.413 e. The highest BCUT2D eigenvalue weighted by Gasteiger charge is 3.03. The second-order valence-electron chi connectivity index (χ2n) is 4.06. The van der Waals surface area contributed by atoms with E-state index in [1.165, 1.54) is 0 Å². The monoisotopic (exact) mass is 316 g/mol. The van der Waals surface area contributed by atoms with E-state index in [1.807, 2.05) is 0 Å². The molecule has 11 heteroatoms. The fourth-order valence-corrected chi connectivity index (χ4v) is 1.34. The molecule has 1 aliphatic carbocycles. The molecule has 0 aromatic rings. The summed E-state index contributed by atoms with van der Waals surface area (Å²) < 4.78 is 119. The third-order valence-electron chi connectivity index (χ3n) is 2.57. The second-order valence-corrected chi connectivity index (χ2v) is 4.06. The van der Waals surface area contributed by atoms with Crippen molar-refractivity contribution in [1.29, 1.82) is 0 Å². The number of ether oxygens (including phenoxy) is 1. The van der Waals surface area contributed by atoms with Crippen molar-refractivity contribution in [3.05, 3.63) is 12.2 Å². The third-order valence-corrected chi connectivity index (χ3v) is 2.57. The lowest BCUT2D eigenvalue weighted by Gasteiger charge is -2.30. The molecular formula is C9H5F9O2. The van der Waals surface area contributed by atoms with Gasteiger partial charge in [-0.3, -0.25) is 0 Å². The summed E-state index contributed by atoms with van der Waals surface area (Å²) in [7, 11) is 0. The van der Waals surface area contributed by atoms with Crippen LogP contribution < -0.4 is 0 Å². The van der Waals surface area contributed by atoms with Gasteiger partial charge in [-0.2, -0.15) is 39.5 Å². The van der Waals surface area contributed by atoms with Crippen LogP contribution in [0.15, 0.2) is 12.2 Å². The van der Waals surface area contributed by atoms with Crippen molar-refractivity contribution in [1.82, 2.24) is 0 Å². The number of alkyl halides is 9. The number of halogens is 9. The van der Waals surface area contributed by atoms with Gasteiger partial charge in [0, 0.05) is 5.57 Å². The van der Waals surface area contributed by atoms with E-state index < -0.39 is 41.1 Å². The van der Waals surface area contributed by atoms with E-state index in [4.69, 9.17) is 0 Å². The van der Waals surface area contributed by atoms with Gasteiger partial charge in [0.2, 0.25) is 0 Å². The molecule has 1 aliphatic rings. The van der Waals surface area contributed by atoms with E-state index in [9.17, 15) is 44.3 Å². The second kappa shape index (κ2) is 3.82. The van der Waals surface area contributed by atoms with Crippen LogP contribution in [0.25, 0.3) is 0 Å². The lowest BCUT2D eigenvalue weighted by molar-refractivity contribution is -0.341. The molecule has 0 aliphatic heterocycles. The SMILES string of the molecule is C=C(C)C(=O)OC1(F)C(F)(F)C(F)(F)C(F)(F)C1(F)F. The lowest BCUT2D eigenvalue weighted by Crippen LogP contribution is -2.57. The van der Waals surface area contributed by atoms with Crippen LogP contribution in [0, 0.1) is 0 Å². The fraction of sp³-hybridized carbons (Fsp3) is 0.667. The largest absolute Gasteiger partial charge is 0.413 e. The van der Waals surface area contributed by atoms with E-state index in [2.05, 4.69) is 11.3 Å². The molecule has 0 unspecified atom stereocenters. The van der Waals surface area contributed by atoms with E-state index >= 15 is 0 Å². The molecule has 0 heterocycles. The molecule has 0 aromatic carbocycles. The van der Waals surface area contributed by atoms with Gasteiger partial charge in [-0.05, 0) is 6.92 Å². The molecule has 1 saturated carbocycles. The van der Waals surface area contributed by atoms with Crippen molar-refractivity contribution in [2.45, 2.75) is 36.5 Å². The minimum atomic E-state index is -6.77. The number of hydrogen-bond donors (Lipinski definition) is 0. The molecule has 2 nitrogen and oxygen atoms in total. The Hall–Kier alpha value is -1.42. The Morgan fingerprint density at radius 3 is 1.35 bits per heavy atom. The summed E-state index contributed by atoms with van der Waals surface area (Å²) in [5.74, 6) is -35.4. The van der Waals surface area contributed by atoms with Gasteiger partial charge in [0.05, 0.1) is 0 Å². The van der Waals surface area contributed by atoms with E-state index in [0.717, 1.165) is 0 Å². The highest BCUT2D eigenvalue weighted by atomic mass is 19.4. The topological polar surface area (TPSA) is 26.3 Å². The fourth-order valence-electron chi connectivity index (χ4n) is 1.34. The van der Waals surface area contributed by atoms with Crippen LogP contribution in [-0.2, 0) is 9.53 Å². The first-order valence-electron chi connectivity index (χ1n) is 4.67. The van der Waals surface area contributed by atoms with E-state index in [1.54, 1.807) is 0 Å². The molecular weight excluding hydrogens is 311 g/mol. The summed E-state index contributed by atoms with van der Waals surface area (Å²) in [4.78, 5) is 10.8. The Morgan fingerprint density at radius 2 is 1.10 bits per heavy atom. The average molecular weight is 316 g/mol. The zero-order valence-electron chi connectivity index (χ0n) is 9.43. The average Bonchev–Trinajstić information content (AvgIpc) is 2.30. The zero-order chi connectivity index (χ0) is 16.4. The van der Waals surface area contributed by atoms with Crippen molar-refractivity contribution < 1.29 is 49.0 Å². The number of carbonyl (C=O) groups is 1. The van der Waals surface area contributed by atoms with Gasteiger partial charge >= 0.3 is 35.5 Å². The Kier molecular flexibility index (Phi) is 3.17. The predicted molar refractivity (Wildman–Crippen MR) is 44.5 cm³/mol. The number of rotatable bonds is 2. The van der Waals surface area contributed by atoms with Crippen molar-refractivity contribution in [3.8, 4) is 0 Å². The molecule has 0 spiro atoms. The molecule has 0 aromatic heterocycles. The van der Waals surface area contributed by atoms with E-state index in [0.29, 0.717) is 6.92 Å². The first-order valence-corrected chi connectivity index (χ1v) is 4.67. The number of carbonyl (C=O) groups excluding carboxylic acids is 1. The van der Waals surface area contributed by atoms with Crippen molar-refractivity contribution in [2.24, 2.45) is 0 Å². The molecule has 0 amide bonds. The molecule has 0 saturated heterocycles. The van der Waals surface area contributed by atoms with Crippen LogP contribution in [0.5, 0.6) is 0 Å². The molecule has 1 fully saturated rings. The molecule has 0 atom stereocenters. The Bertz CT molecular complexity index is 442.